The number of carbonyl (C=O) groups is 1. The molecule has 0 bridgehead atoms. The van der Waals surface area contributed by atoms with Crippen LogP contribution in [0.4, 0.5) is 24.5 Å². The van der Waals surface area contributed by atoms with Crippen LogP contribution in [0.25, 0.3) is 0 Å². The fourth-order valence-corrected chi connectivity index (χ4v) is 6.28. The van der Waals surface area contributed by atoms with Crippen LogP contribution in [0.3, 0.4) is 0 Å². The van der Waals surface area contributed by atoms with Gasteiger partial charge in [-0.2, -0.15) is 13.2 Å². The molecule has 0 aliphatic carbocycles. The first kappa shape index (κ1) is 32.5. The molecule has 0 atom stereocenters. The first-order valence-electron chi connectivity index (χ1n) is 13.8. The lowest BCUT2D eigenvalue weighted by Gasteiger charge is -2.35. The highest BCUT2D eigenvalue weighted by Crippen LogP contribution is 2.41. The van der Waals surface area contributed by atoms with Crippen molar-refractivity contribution in [2.24, 2.45) is 5.92 Å². The Morgan fingerprint density at radius 3 is 2.17 bits per heavy atom. The van der Waals surface area contributed by atoms with E-state index < -0.39 is 5.51 Å². The number of halogens is 4. The lowest BCUT2D eigenvalue weighted by molar-refractivity contribution is -0.132. The first-order valence-corrected chi connectivity index (χ1v) is 15.0. The van der Waals surface area contributed by atoms with E-state index in [1.54, 1.807) is 6.07 Å². The number of nitrogens with one attached hydrogen (secondary N) is 1. The molecular weight excluding hydrogens is 555 g/mol. The molecule has 2 aliphatic rings. The summed E-state index contributed by atoms with van der Waals surface area (Å²) in [6, 6.07) is 13.7. The Labute approximate surface area is 247 Å². The van der Waals surface area contributed by atoms with Crippen molar-refractivity contribution in [2.75, 3.05) is 36.4 Å². The van der Waals surface area contributed by atoms with E-state index in [0.717, 1.165) is 45.2 Å². The topological polar surface area (TPSA) is 35.6 Å². The molecule has 40 heavy (non-hydrogen) atoms. The molecule has 1 N–H and O–H groups in total. The van der Waals surface area contributed by atoms with Crippen LogP contribution >= 0.6 is 23.4 Å². The van der Waals surface area contributed by atoms with Gasteiger partial charge in [0.15, 0.2) is 0 Å². The third-order valence-corrected chi connectivity index (χ3v) is 9.09. The van der Waals surface area contributed by atoms with Gasteiger partial charge in [0.2, 0.25) is 5.91 Å². The summed E-state index contributed by atoms with van der Waals surface area (Å²) in [5, 5.41) is 3.41. The molecule has 0 unspecified atom stereocenters. The number of rotatable bonds is 7. The minimum absolute atomic E-state index is 0. The molecule has 2 aliphatic heterocycles. The van der Waals surface area contributed by atoms with E-state index in [2.05, 4.69) is 55.3 Å². The van der Waals surface area contributed by atoms with Gasteiger partial charge in [0.05, 0.1) is 5.02 Å². The van der Waals surface area contributed by atoms with Crippen molar-refractivity contribution in [2.45, 2.75) is 88.6 Å². The van der Waals surface area contributed by atoms with Gasteiger partial charge in [-0.25, -0.2) is 0 Å². The van der Waals surface area contributed by atoms with Gasteiger partial charge in [-0.15, -0.1) is 0 Å². The summed E-state index contributed by atoms with van der Waals surface area (Å²) in [7, 11) is 0. The second kappa shape index (κ2) is 13.7. The maximum absolute atomic E-state index is 12.9. The van der Waals surface area contributed by atoms with Gasteiger partial charge < -0.3 is 15.1 Å². The van der Waals surface area contributed by atoms with Crippen molar-refractivity contribution in [3.63, 3.8) is 0 Å². The maximum atomic E-state index is 12.9. The van der Waals surface area contributed by atoms with Crippen molar-refractivity contribution in [3.05, 3.63) is 53.1 Å². The third-order valence-electron chi connectivity index (χ3n) is 7.85. The van der Waals surface area contributed by atoms with E-state index >= 15 is 0 Å². The Hall–Kier alpha value is -2.06. The van der Waals surface area contributed by atoms with E-state index in [4.69, 9.17) is 11.6 Å². The van der Waals surface area contributed by atoms with Crippen LogP contribution in [0.1, 0.15) is 72.3 Å². The van der Waals surface area contributed by atoms with Crippen LogP contribution < -0.4 is 10.2 Å². The van der Waals surface area contributed by atoms with Gasteiger partial charge in [-0.05, 0) is 91.1 Å². The zero-order valence-electron chi connectivity index (χ0n) is 23.0. The summed E-state index contributed by atoms with van der Waals surface area (Å²) in [5.41, 5.74) is -0.985. The number of likely N-dealkylation sites (tertiary alicyclic amines) is 1. The number of hydrogen-bond acceptors (Lipinski definition) is 4. The number of anilines is 2. The average molecular weight is 598 g/mol. The van der Waals surface area contributed by atoms with E-state index in [0.29, 0.717) is 31.1 Å². The highest BCUT2D eigenvalue weighted by Gasteiger charge is 2.31. The standard InChI is InChI=1S/C30H39ClF3N3OS.CH4/c1-29(2,3)22-5-8-25(9-6-22)36-16-12-21(13-17-36)4-11-28(38)37-18-14-23(15-19-37)35-24-7-10-26(31)27(20-24)39-30(32,33)34;/h5-10,20-21,23,35H,4,11-19H2,1-3H3;1H4. The van der Waals surface area contributed by atoms with Gasteiger partial charge in [0.1, 0.15) is 0 Å². The fourth-order valence-electron chi connectivity index (χ4n) is 5.44. The SMILES string of the molecule is C.CC(C)(C)c1ccc(N2CCC(CCC(=O)N3CCC(Nc4ccc(Cl)c(SC(F)(F)F)c4)CC3)CC2)cc1. The van der Waals surface area contributed by atoms with E-state index in [9.17, 15) is 18.0 Å². The van der Waals surface area contributed by atoms with Crippen molar-refractivity contribution < 1.29 is 18.0 Å². The van der Waals surface area contributed by atoms with Crippen LogP contribution in [0.2, 0.25) is 5.02 Å². The van der Waals surface area contributed by atoms with Gasteiger partial charge >= 0.3 is 5.51 Å². The Morgan fingerprint density at radius 1 is 0.975 bits per heavy atom. The summed E-state index contributed by atoms with van der Waals surface area (Å²) in [5.74, 6) is 0.788. The number of carbonyl (C=O) groups excluding carboxylic acids is 1. The minimum atomic E-state index is -4.39. The Kier molecular flexibility index (Phi) is 11.1. The molecule has 4 nitrogen and oxygen atoms in total. The predicted molar refractivity (Wildman–Crippen MR) is 163 cm³/mol. The normalized spacial score (nSPS) is 17.5. The molecule has 222 valence electrons. The van der Waals surface area contributed by atoms with Gasteiger partial charge in [0, 0.05) is 54.9 Å². The summed E-state index contributed by atoms with van der Waals surface area (Å²) in [6.45, 7) is 10.1. The maximum Gasteiger partial charge on any atom is 0.446 e. The molecule has 0 spiro atoms. The third kappa shape index (κ3) is 9.23. The van der Waals surface area contributed by atoms with Crippen LogP contribution in [0.15, 0.2) is 47.4 Å². The summed E-state index contributed by atoms with van der Waals surface area (Å²) in [4.78, 5) is 17.3. The molecule has 2 fully saturated rings. The van der Waals surface area contributed by atoms with Crippen molar-refractivity contribution in [1.29, 1.82) is 0 Å². The number of benzene rings is 2. The fraction of sp³-hybridized carbons (Fsp3) is 0.581. The molecule has 4 rings (SSSR count). The number of hydrogen-bond donors (Lipinski definition) is 1. The van der Waals surface area contributed by atoms with Gasteiger partial charge in [-0.3, -0.25) is 4.79 Å². The highest BCUT2D eigenvalue weighted by molar-refractivity contribution is 8.00. The number of nitrogens with zero attached hydrogens (tertiary/aromatic N) is 2. The van der Waals surface area contributed by atoms with E-state index in [1.807, 2.05) is 4.90 Å². The van der Waals surface area contributed by atoms with Crippen molar-refractivity contribution >= 4 is 40.6 Å². The lowest BCUT2D eigenvalue weighted by atomic mass is 9.87. The molecule has 2 aromatic carbocycles. The molecule has 9 heteroatoms. The average Bonchev–Trinajstić information content (AvgIpc) is 2.89. The number of alkyl halides is 3. The Morgan fingerprint density at radius 2 is 1.60 bits per heavy atom. The number of amides is 1. The van der Waals surface area contributed by atoms with Crippen molar-refractivity contribution in [1.82, 2.24) is 4.90 Å². The van der Waals surface area contributed by atoms with E-state index in [1.165, 1.54) is 23.4 Å². The Bertz CT molecular complexity index is 1100. The lowest BCUT2D eigenvalue weighted by Crippen LogP contribution is -2.42. The van der Waals surface area contributed by atoms with Crippen LogP contribution in [-0.2, 0) is 10.2 Å². The van der Waals surface area contributed by atoms with Crippen molar-refractivity contribution in [3.8, 4) is 0 Å². The van der Waals surface area contributed by atoms with Gasteiger partial charge in [-0.1, -0.05) is 51.9 Å². The summed E-state index contributed by atoms with van der Waals surface area (Å²) < 4.78 is 38.4. The molecular formula is C31H43ClF3N3OS. The first-order chi connectivity index (χ1) is 18.4. The molecule has 0 radical (unpaired) electrons. The minimum Gasteiger partial charge on any atom is -0.382 e. The Balaban J connectivity index is 0.00000441. The van der Waals surface area contributed by atoms with Crippen LogP contribution in [0, 0.1) is 5.92 Å². The monoisotopic (exact) mass is 597 g/mol. The van der Waals surface area contributed by atoms with Crippen LogP contribution in [0.5, 0.6) is 0 Å². The smallest absolute Gasteiger partial charge is 0.382 e. The second-order valence-corrected chi connectivity index (χ2v) is 13.3. The quantitative estimate of drug-likeness (QED) is 0.323. The summed E-state index contributed by atoms with van der Waals surface area (Å²) in [6.07, 6.45) is 5.26. The zero-order chi connectivity index (χ0) is 28.2. The zero-order valence-corrected chi connectivity index (χ0v) is 24.6. The second-order valence-electron chi connectivity index (χ2n) is 11.8. The number of piperidine rings is 2. The van der Waals surface area contributed by atoms with E-state index in [-0.39, 0.29) is 46.5 Å². The summed E-state index contributed by atoms with van der Waals surface area (Å²) >= 11 is 5.74. The largest absolute Gasteiger partial charge is 0.446 e. The van der Waals surface area contributed by atoms with Crippen LogP contribution in [-0.4, -0.2) is 48.5 Å². The molecule has 2 aromatic rings. The predicted octanol–water partition coefficient (Wildman–Crippen LogP) is 8.99. The molecule has 1 amide bonds. The van der Waals surface area contributed by atoms with Gasteiger partial charge in [0.25, 0.3) is 0 Å². The molecule has 0 saturated carbocycles. The highest BCUT2D eigenvalue weighted by atomic mass is 35.5. The molecule has 2 heterocycles. The number of thioether (sulfide) groups is 1. The molecule has 0 aromatic heterocycles. The molecule has 2 saturated heterocycles.